The number of morpholine rings is 1. The molecule has 0 atom stereocenters. The van der Waals surface area contributed by atoms with Crippen molar-refractivity contribution in [1.82, 2.24) is 0 Å². The molecule has 3 rings (SSSR count). The van der Waals surface area contributed by atoms with Crippen molar-refractivity contribution in [3.63, 3.8) is 0 Å². The third-order valence-electron chi connectivity index (χ3n) is 4.98. The van der Waals surface area contributed by atoms with E-state index in [-0.39, 0.29) is 23.8 Å². The molecule has 0 spiro atoms. The van der Waals surface area contributed by atoms with E-state index in [2.05, 4.69) is 31.3 Å². The molecule has 2 amide bonds. The van der Waals surface area contributed by atoms with Gasteiger partial charge in [-0.2, -0.15) is 0 Å². The third-order valence-corrected chi connectivity index (χ3v) is 4.98. The number of nitrogens with one attached hydrogen (secondary N) is 1. The van der Waals surface area contributed by atoms with Crippen LogP contribution in [-0.4, -0.2) is 31.6 Å². The molecule has 0 aliphatic carbocycles. The average Bonchev–Trinajstić information content (AvgIpc) is 2.68. The summed E-state index contributed by atoms with van der Waals surface area (Å²) in [6.07, 6.45) is 1.22. The monoisotopic (exact) mass is 366 g/mol. The van der Waals surface area contributed by atoms with E-state index in [0.29, 0.717) is 19.6 Å². The van der Waals surface area contributed by atoms with Gasteiger partial charge in [-0.25, -0.2) is 0 Å². The molecular formula is C22H26N2O3. The topological polar surface area (TPSA) is 58.6 Å². The van der Waals surface area contributed by atoms with E-state index < -0.39 is 0 Å². The van der Waals surface area contributed by atoms with Crippen LogP contribution in [0.4, 0.5) is 11.4 Å². The van der Waals surface area contributed by atoms with Crippen LogP contribution in [0.2, 0.25) is 0 Å². The highest BCUT2D eigenvalue weighted by molar-refractivity contribution is 5.95. The van der Waals surface area contributed by atoms with E-state index in [4.69, 9.17) is 4.74 Å². The predicted molar refractivity (Wildman–Crippen MR) is 107 cm³/mol. The van der Waals surface area contributed by atoms with Gasteiger partial charge in [0.05, 0.1) is 6.61 Å². The van der Waals surface area contributed by atoms with Gasteiger partial charge in [0.2, 0.25) is 5.91 Å². The second-order valence-electron chi connectivity index (χ2n) is 7.44. The summed E-state index contributed by atoms with van der Waals surface area (Å²) >= 11 is 0. The van der Waals surface area contributed by atoms with Gasteiger partial charge >= 0.3 is 0 Å². The lowest BCUT2D eigenvalue weighted by Gasteiger charge is -2.27. The number of ether oxygens (including phenoxy) is 1. The summed E-state index contributed by atoms with van der Waals surface area (Å²) in [5.74, 6) is -0.0459. The molecule has 5 heteroatoms. The minimum Gasteiger partial charge on any atom is -0.370 e. The van der Waals surface area contributed by atoms with Gasteiger partial charge in [-0.15, -0.1) is 0 Å². The molecule has 0 unspecified atom stereocenters. The van der Waals surface area contributed by atoms with Crippen LogP contribution in [0.25, 0.3) is 0 Å². The number of hydrogen-bond acceptors (Lipinski definition) is 3. The fourth-order valence-electron chi connectivity index (χ4n) is 3.20. The van der Waals surface area contributed by atoms with Crippen molar-refractivity contribution in [3.05, 3.63) is 60.2 Å². The second-order valence-corrected chi connectivity index (χ2v) is 7.44. The maximum Gasteiger partial charge on any atom is 0.253 e. The van der Waals surface area contributed by atoms with Crippen LogP contribution in [0.3, 0.4) is 0 Å². The summed E-state index contributed by atoms with van der Waals surface area (Å²) < 4.78 is 5.15. The highest BCUT2D eigenvalue weighted by atomic mass is 16.5. The van der Waals surface area contributed by atoms with Crippen molar-refractivity contribution < 1.29 is 14.3 Å². The lowest BCUT2D eigenvalue weighted by Crippen LogP contribution is -2.41. The standard InChI is InChI=1S/C22H26N2O3/c1-22(2,17-6-4-3-5-7-17)13-12-20(25)23-18-8-10-19(11-9-18)24-14-15-27-16-21(24)26/h3-11H,12-16H2,1-2H3,(H,23,25). The molecule has 1 heterocycles. The molecule has 1 N–H and O–H groups in total. The molecule has 2 aromatic rings. The highest BCUT2D eigenvalue weighted by Crippen LogP contribution is 2.28. The summed E-state index contributed by atoms with van der Waals surface area (Å²) in [6.45, 7) is 5.53. The number of nitrogens with zero attached hydrogens (tertiary/aromatic N) is 1. The summed E-state index contributed by atoms with van der Waals surface area (Å²) in [5.41, 5.74) is 2.74. The van der Waals surface area contributed by atoms with E-state index in [1.807, 2.05) is 42.5 Å². The third kappa shape index (κ3) is 4.95. The number of rotatable bonds is 6. The molecule has 1 saturated heterocycles. The normalized spacial score (nSPS) is 14.9. The number of anilines is 2. The predicted octanol–water partition coefficient (Wildman–Crippen LogP) is 3.75. The van der Waals surface area contributed by atoms with Crippen molar-refractivity contribution in [1.29, 1.82) is 0 Å². The summed E-state index contributed by atoms with van der Waals surface area (Å²) in [4.78, 5) is 25.9. The Kier molecular flexibility index (Phi) is 5.91. The Labute approximate surface area is 160 Å². The summed E-state index contributed by atoms with van der Waals surface area (Å²) in [6, 6.07) is 17.6. The first-order valence-corrected chi connectivity index (χ1v) is 9.29. The zero-order valence-corrected chi connectivity index (χ0v) is 15.9. The number of amides is 2. The molecule has 27 heavy (non-hydrogen) atoms. The van der Waals surface area contributed by atoms with Crippen LogP contribution < -0.4 is 10.2 Å². The molecule has 1 aliphatic heterocycles. The first kappa shape index (κ1) is 19.1. The number of carbonyl (C=O) groups is 2. The van der Waals surface area contributed by atoms with E-state index in [1.54, 1.807) is 4.90 Å². The van der Waals surface area contributed by atoms with Crippen LogP contribution >= 0.6 is 0 Å². The van der Waals surface area contributed by atoms with E-state index in [1.165, 1.54) is 5.56 Å². The summed E-state index contributed by atoms with van der Waals surface area (Å²) in [5, 5.41) is 2.94. The number of carbonyl (C=O) groups excluding carboxylic acids is 2. The molecular weight excluding hydrogens is 340 g/mol. The highest BCUT2D eigenvalue weighted by Gasteiger charge is 2.22. The van der Waals surface area contributed by atoms with Gasteiger partial charge in [0.1, 0.15) is 6.61 Å². The molecule has 5 nitrogen and oxygen atoms in total. The molecule has 0 bridgehead atoms. The maximum atomic E-state index is 12.3. The van der Waals surface area contributed by atoms with Gasteiger partial charge in [0.25, 0.3) is 5.91 Å². The quantitative estimate of drug-likeness (QED) is 0.847. The van der Waals surface area contributed by atoms with Gasteiger partial charge in [0.15, 0.2) is 0 Å². The van der Waals surface area contributed by atoms with Gasteiger partial charge in [-0.3, -0.25) is 9.59 Å². The smallest absolute Gasteiger partial charge is 0.253 e. The first-order valence-electron chi connectivity index (χ1n) is 9.29. The van der Waals surface area contributed by atoms with E-state index in [9.17, 15) is 9.59 Å². The Hall–Kier alpha value is -2.66. The Morgan fingerprint density at radius 1 is 1.11 bits per heavy atom. The lowest BCUT2D eigenvalue weighted by molar-refractivity contribution is -0.125. The zero-order chi connectivity index (χ0) is 19.3. The first-order chi connectivity index (χ1) is 13.0. The van der Waals surface area contributed by atoms with Crippen molar-refractivity contribution in [2.45, 2.75) is 32.1 Å². The number of hydrogen-bond donors (Lipinski definition) is 1. The fourth-order valence-corrected chi connectivity index (χ4v) is 3.20. The van der Waals surface area contributed by atoms with Crippen LogP contribution in [-0.2, 0) is 19.7 Å². The Bertz CT molecular complexity index is 785. The lowest BCUT2D eigenvalue weighted by atomic mass is 9.80. The minimum atomic E-state index is -0.0564. The largest absolute Gasteiger partial charge is 0.370 e. The van der Waals surface area contributed by atoms with Crippen molar-refractivity contribution in [2.24, 2.45) is 0 Å². The SMILES string of the molecule is CC(C)(CCC(=O)Nc1ccc(N2CCOCC2=O)cc1)c1ccccc1. The molecule has 0 saturated carbocycles. The second kappa shape index (κ2) is 8.35. The van der Waals surface area contributed by atoms with E-state index in [0.717, 1.165) is 17.8 Å². The van der Waals surface area contributed by atoms with Crippen LogP contribution in [0.5, 0.6) is 0 Å². The Morgan fingerprint density at radius 3 is 2.48 bits per heavy atom. The van der Waals surface area contributed by atoms with Crippen LogP contribution in [0.1, 0.15) is 32.3 Å². The minimum absolute atomic E-state index is 0.00537. The van der Waals surface area contributed by atoms with Crippen molar-refractivity contribution >= 4 is 23.2 Å². The van der Waals surface area contributed by atoms with Gasteiger partial charge in [-0.1, -0.05) is 44.2 Å². The Morgan fingerprint density at radius 2 is 1.81 bits per heavy atom. The fraction of sp³-hybridized carbons (Fsp3) is 0.364. The number of benzene rings is 2. The molecule has 1 fully saturated rings. The molecule has 2 aromatic carbocycles. The molecule has 0 aromatic heterocycles. The zero-order valence-electron chi connectivity index (χ0n) is 15.9. The van der Waals surface area contributed by atoms with Crippen molar-refractivity contribution in [3.8, 4) is 0 Å². The van der Waals surface area contributed by atoms with E-state index >= 15 is 0 Å². The van der Waals surface area contributed by atoms with Gasteiger partial charge in [-0.05, 0) is 41.7 Å². The van der Waals surface area contributed by atoms with Crippen LogP contribution in [0.15, 0.2) is 54.6 Å². The molecule has 142 valence electrons. The average molecular weight is 366 g/mol. The molecule has 0 radical (unpaired) electrons. The summed E-state index contributed by atoms with van der Waals surface area (Å²) in [7, 11) is 0. The van der Waals surface area contributed by atoms with Crippen molar-refractivity contribution in [2.75, 3.05) is 30.0 Å². The van der Waals surface area contributed by atoms with Gasteiger partial charge in [0, 0.05) is 24.3 Å². The van der Waals surface area contributed by atoms with Gasteiger partial charge < -0.3 is 15.0 Å². The maximum absolute atomic E-state index is 12.3. The van der Waals surface area contributed by atoms with Crippen LogP contribution in [0, 0.1) is 0 Å². The Balaban J connectivity index is 1.54. The molecule has 1 aliphatic rings.